The van der Waals surface area contributed by atoms with E-state index in [9.17, 15) is 4.79 Å². The Morgan fingerprint density at radius 3 is 2.68 bits per heavy atom. The maximum Gasteiger partial charge on any atom is 0.326 e. The van der Waals surface area contributed by atoms with Crippen molar-refractivity contribution in [1.82, 2.24) is 15.0 Å². The minimum absolute atomic E-state index is 0.380. The number of rotatable bonds is 3. The third kappa shape index (κ3) is 3.44. The summed E-state index contributed by atoms with van der Waals surface area (Å²) in [6, 6.07) is 8.86. The Morgan fingerprint density at radius 1 is 1.09 bits per heavy atom. The van der Waals surface area contributed by atoms with Gasteiger partial charge in [-0.1, -0.05) is 12.1 Å². The Morgan fingerprint density at radius 2 is 1.95 bits per heavy atom. The molecule has 0 radical (unpaired) electrons. The molecule has 0 aromatic carbocycles. The van der Waals surface area contributed by atoms with Gasteiger partial charge in [0, 0.05) is 17.8 Å². The molecule has 0 unspecified atom stereocenters. The van der Waals surface area contributed by atoms with Crippen molar-refractivity contribution in [2.75, 3.05) is 10.6 Å². The zero-order valence-electron chi connectivity index (χ0n) is 11.8. The molecule has 0 atom stereocenters. The first-order valence-electron chi connectivity index (χ1n) is 6.58. The van der Waals surface area contributed by atoms with Crippen LogP contribution in [-0.4, -0.2) is 21.0 Å². The van der Waals surface area contributed by atoms with Crippen LogP contribution in [-0.2, 0) is 0 Å². The quantitative estimate of drug-likeness (QED) is 0.775. The van der Waals surface area contributed by atoms with Gasteiger partial charge in [0.15, 0.2) is 0 Å². The van der Waals surface area contributed by atoms with Crippen LogP contribution in [0.1, 0.15) is 5.56 Å². The fraction of sp³-hybridized carbons (Fsp3) is 0.0667. The number of urea groups is 1. The van der Waals surface area contributed by atoms with Crippen LogP contribution < -0.4 is 10.6 Å². The number of hydrogen-bond acceptors (Lipinski definition) is 5. The van der Waals surface area contributed by atoms with Gasteiger partial charge < -0.3 is 0 Å². The molecule has 0 spiro atoms. The minimum atomic E-state index is -0.380. The molecule has 0 aliphatic carbocycles. The second-order valence-corrected chi connectivity index (χ2v) is 5.41. The molecule has 0 saturated heterocycles. The van der Waals surface area contributed by atoms with Gasteiger partial charge in [-0.15, -0.1) is 11.3 Å². The van der Waals surface area contributed by atoms with Crippen LogP contribution in [0, 0.1) is 6.92 Å². The lowest BCUT2D eigenvalue weighted by atomic mass is 10.3. The van der Waals surface area contributed by atoms with E-state index in [1.165, 1.54) is 11.3 Å². The number of carbonyl (C=O) groups is 1. The molecule has 2 N–H and O–H groups in total. The molecule has 0 fully saturated rings. The van der Waals surface area contributed by atoms with Gasteiger partial charge in [0.05, 0.1) is 5.69 Å². The fourth-order valence-electron chi connectivity index (χ4n) is 1.74. The van der Waals surface area contributed by atoms with E-state index in [1.807, 2.05) is 31.2 Å². The van der Waals surface area contributed by atoms with Gasteiger partial charge in [0.25, 0.3) is 0 Å². The molecule has 0 bridgehead atoms. The highest BCUT2D eigenvalue weighted by atomic mass is 32.1. The second kappa shape index (κ2) is 6.31. The molecule has 3 rings (SSSR count). The summed E-state index contributed by atoms with van der Waals surface area (Å²) in [7, 11) is 0. The van der Waals surface area contributed by atoms with Crippen molar-refractivity contribution >= 4 is 29.0 Å². The molecule has 7 heteroatoms. The van der Waals surface area contributed by atoms with Gasteiger partial charge in [0.2, 0.25) is 0 Å². The van der Waals surface area contributed by atoms with Crippen LogP contribution in [0.15, 0.2) is 48.1 Å². The van der Waals surface area contributed by atoms with Crippen LogP contribution >= 0.6 is 11.3 Å². The largest absolute Gasteiger partial charge is 0.326 e. The highest BCUT2D eigenvalue weighted by Crippen LogP contribution is 2.23. The lowest BCUT2D eigenvalue weighted by Gasteiger charge is -2.04. The van der Waals surface area contributed by atoms with E-state index in [4.69, 9.17) is 0 Å². The van der Waals surface area contributed by atoms with Crippen LogP contribution in [0.5, 0.6) is 0 Å². The molecular weight excluding hydrogens is 298 g/mol. The van der Waals surface area contributed by atoms with Crippen LogP contribution in [0.2, 0.25) is 0 Å². The van der Waals surface area contributed by atoms with E-state index in [-0.39, 0.29) is 6.03 Å². The Balaban J connectivity index is 1.65. The number of anilines is 2. The molecule has 3 heterocycles. The standard InChI is InChI=1S/C15H13N5OS/c1-10-5-6-12(17-8-10)19-15(21)20-13-9-22-14(18-13)11-4-2-3-7-16-11/h2-9H,1H3,(H2,17,19,20,21). The summed E-state index contributed by atoms with van der Waals surface area (Å²) in [5.74, 6) is 0.971. The lowest BCUT2D eigenvalue weighted by Crippen LogP contribution is -2.20. The SMILES string of the molecule is Cc1ccc(NC(=O)Nc2csc(-c3ccccn3)n2)nc1. The van der Waals surface area contributed by atoms with E-state index < -0.39 is 0 Å². The number of aryl methyl sites for hydroxylation is 1. The zero-order chi connectivity index (χ0) is 15.4. The van der Waals surface area contributed by atoms with E-state index in [1.54, 1.807) is 23.8 Å². The fourth-order valence-corrected chi connectivity index (χ4v) is 2.47. The molecule has 2 amide bonds. The van der Waals surface area contributed by atoms with Crippen molar-refractivity contribution in [2.45, 2.75) is 6.92 Å². The number of pyridine rings is 2. The molecule has 110 valence electrons. The number of nitrogens with zero attached hydrogens (tertiary/aromatic N) is 3. The molecule has 22 heavy (non-hydrogen) atoms. The topological polar surface area (TPSA) is 79.8 Å². The highest BCUT2D eigenvalue weighted by Gasteiger charge is 2.08. The predicted molar refractivity (Wildman–Crippen MR) is 87.0 cm³/mol. The number of hydrogen-bond donors (Lipinski definition) is 2. The number of thiazole rings is 1. The zero-order valence-corrected chi connectivity index (χ0v) is 12.6. The second-order valence-electron chi connectivity index (χ2n) is 4.55. The van der Waals surface area contributed by atoms with Crippen molar-refractivity contribution in [3.05, 3.63) is 53.7 Å². The third-order valence-corrected chi connectivity index (χ3v) is 3.65. The summed E-state index contributed by atoms with van der Waals surface area (Å²) in [5, 5.41) is 7.86. The van der Waals surface area contributed by atoms with E-state index in [2.05, 4.69) is 25.6 Å². The maximum atomic E-state index is 11.9. The predicted octanol–water partition coefficient (Wildman–Crippen LogP) is 3.55. The van der Waals surface area contributed by atoms with Gasteiger partial charge in [0.1, 0.15) is 16.6 Å². The number of carbonyl (C=O) groups excluding carboxylic acids is 1. The lowest BCUT2D eigenvalue weighted by molar-refractivity contribution is 0.262. The van der Waals surface area contributed by atoms with Crippen molar-refractivity contribution in [2.24, 2.45) is 0 Å². The monoisotopic (exact) mass is 311 g/mol. The van der Waals surface area contributed by atoms with Crippen LogP contribution in [0.3, 0.4) is 0 Å². The van der Waals surface area contributed by atoms with Crippen molar-refractivity contribution < 1.29 is 4.79 Å². The van der Waals surface area contributed by atoms with Gasteiger partial charge in [-0.25, -0.2) is 14.8 Å². The molecule has 3 aromatic heterocycles. The van der Waals surface area contributed by atoms with Gasteiger partial charge in [-0.2, -0.15) is 0 Å². The Hall–Kier alpha value is -2.80. The molecule has 3 aromatic rings. The number of aromatic nitrogens is 3. The van der Waals surface area contributed by atoms with Crippen LogP contribution in [0.25, 0.3) is 10.7 Å². The molecule has 0 aliphatic rings. The minimum Gasteiger partial charge on any atom is -0.292 e. The van der Waals surface area contributed by atoms with E-state index in [0.717, 1.165) is 16.3 Å². The van der Waals surface area contributed by atoms with Crippen molar-refractivity contribution in [3.63, 3.8) is 0 Å². The maximum absolute atomic E-state index is 11.9. The first-order valence-corrected chi connectivity index (χ1v) is 7.46. The summed E-state index contributed by atoms with van der Waals surface area (Å²) in [4.78, 5) is 24.6. The third-order valence-electron chi connectivity index (χ3n) is 2.78. The smallest absolute Gasteiger partial charge is 0.292 e. The van der Waals surface area contributed by atoms with Gasteiger partial charge >= 0.3 is 6.03 Å². The Labute approximate surface area is 131 Å². The normalized spacial score (nSPS) is 10.2. The first-order chi connectivity index (χ1) is 10.7. The average Bonchev–Trinajstić information content (AvgIpc) is 2.99. The van der Waals surface area contributed by atoms with Crippen molar-refractivity contribution in [1.29, 1.82) is 0 Å². The van der Waals surface area contributed by atoms with Gasteiger partial charge in [-0.05, 0) is 30.7 Å². The summed E-state index contributed by atoms with van der Waals surface area (Å²) < 4.78 is 0. The van der Waals surface area contributed by atoms with Gasteiger partial charge in [-0.3, -0.25) is 15.6 Å². The Kier molecular flexibility index (Phi) is 4.06. The summed E-state index contributed by atoms with van der Waals surface area (Å²) in [5.41, 5.74) is 1.81. The molecule has 6 nitrogen and oxygen atoms in total. The van der Waals surface area contributed by atoms with E-state index in [0.29, 0.717) is 11.6 Å². The molecule has 0 aliphatic heterocycles. The number of nitrogens with one attached hydrogen (secondary N) is 2. The first kappa shape index (κ1) is 14.2. The average molecular weight is 311 g/mol. The number of amides is 2. The highest BCUT2D eigenvalue weighted by molar-refractivity contribution is 7.13. The van der Waals surface area contributed by atoms with Crippen molar-refractivity contribution in [3.8, 4) is 10.7 Å². The molecule has 0 saturated carbocycles. The Bertz CT molecular complexity index is 770. The summed E-state index contributed by atoms with van der Waals surface area (Å²) >= 11 is 1.42. The summed E-state index contributed by atoms with van der Waals surface area (Å²) in [6.07, 6.45) is 3.40. The van der Waals surface area contributed by atoms with E-state index >= 15 is 0 Å². The molecular formula is C15H13N5OS. The van der Waals surface area contributed by atoms with Crippen LogP contribution in [0.4, 0.5) is 16.4 Å². The summed E-state index contributed by atoms with van der Waals surface area (Å²) in [6.45, 7) is 1.94.